The smallest absolute Gasteiger partial charge is 0.410 e. The number of likely N-dealkylation sites (tertiary alicyclic amines) is 1. The van der Waals surface area contributed by atoms with Gasteiger partial charge in [0.15, 0.2) is 0 Å². The molecule has 0 saturated carbocycles. The van der Waals surface area contributed by atoms with E-state index >= 15 is 0 Å². The lowest BCUT2D eigenvalue weighted by molar-refractivity contribution is -0.0126. The van der Waals surface area contributed by atoms with Crippen molar-refractivity contribution in [3.63, 3.8) is 0 Å². The van der Waals surface area contributed by atoms with E-state index < -0.39 is 11.2 Å². The van der Waals surface area contributed by atoms with E-state index in [1.807, 2.05) is 45.0 Å². The van der Waals surface area contributed by atoms with E-state index in [1.54, 1.807) is 4.90 Å². The molecule has 4 nitrogen and oxygen atoms in total. The number of hydrogen-bond donors (Lipinski definition) is 1. The van der Waals surface area contributed by atoms with Gasteiger partial charge in [-0.15, -0.1) is 0 Å². The van der Waals surface area contributed by atoms with E-state index in [4.69, 9.17) is 4.74 Å². The van der Waals surface area contributed by atoms with Crippen LogP contribution in [0.3, 0.4) is 0 Å². The van der Waals surface area contributed by atoms with Crippen LogP contribution in [0.1, 0.15) is 52.0 Å². The lowest BCUT2D eigenvalue weighted by Crippen LogP contribution is -2.42. The molecule has 1 saturated heterocycles. The summed E-state index contributed by atoms with van der Waals surface area (Å²) in [5.41, 5.74) is -0.477. The van der Waals surface area contributed by atoms with Gasteiger partial charge in [0.2, 0.25) is 0 Å². The Balaban J connectivity index is 2.09. The number of nitrogens with zero attached hydrogens (tertiary/aromatic N) is 1. The molecule has 0 radical (unpaired) electrons. The van der Waals surface area contributed by atoms with Gasteiger partial charge in [0.25, 0.3) is 0 Å². The number of carbonyl (C=O) groups excluding carboxylic acids is 1. The topological polar surface area (TPSA) is 49.8 Å². The first-order valence-corrected chi connectivity index (χ1v) is 8.95. The molecular weight excluding hydrogens is 358 g/mol. The molecule has 2 rings (SSSR count). The Hall–Kier alpha value is -1.07. The minimum absolute atomic E-state index is 0.294. The van der Waals surface area contributed by atoms with Crippen molar-refractivity contribution >= 4 is 22.0 Å². The second-order valence-electron chi connectivity index (χ2n) is 7.21. The van der Waals surface area contributed by atoms with Gasteiger partial charge in [-0.2, -0.15) is 0 Å². The normalized spacial score (nSPS) is 23.1. The van der Waals surface area contributed by atoms with Gasteiger partial charge < -0.3 is 14.7 Å². The monoisotopic (exact) mass is 383 g/mol. The number of halogens is 1. The predicted molar refractivity (Wildman–Crippen MR) is 94.3 cm³/mol. The van der Waals surface area contributed by atoms with Crippen molar-refractivity contribution < 1.29 is 14.6 Å². The Morgan fingerprint density at radius 1 is 1.17 bits per heavy atom. The second kappa shape index (κ2) is 7.22. The van der Waals surface area contributed by atoms with Crippen molar-refractivity contribution in [2.75, 3.05) is 13.1 Å². The fourth-order valence-electron chi connectivity index (χ4n) is 2.83. The van der Waals surface area contributed by atoms with Gasteiger partial charge in [0.1, 0.15) is 5.60 Å². The van der Waals surface area contributed by atoms with E-state index in [9.17, 15) is 9.90 Å². The highest BCUT2D eigenvalue weighted by Gasteiger charge is 2.32. The average Bonchev–Trinajstić information content (AvgIpc) is 2.42. The van der Waals surface area contributed by atoms with Crippen molar-refractivity contribution in [1.82, 2.24) is 4.90 Å². The lowest BCUT2D eigenvalue weighted by atomic mass is 9.84. The summed E-state index contributed by atoms with van der Waals surface area (Å²) in [7, 11) is 0. The van der Waals surface area contributed by atoms with E-state index in [1.165, 1.54) is 0 Å². The van der Waals surface area contributed by atoms with Gasteiger partial charge in [-0.25, -0.2) is 4.79 Å². The van der Waals surface area contributed by atoms with Crippen LogP contribution in [0, 0.1) is 0 Å². The van der Waals surface area contributed by atoms with Crippen LogP contribution < -0.4 is 0 Å². The number of ether oxygens (including phenoxy) is 1. The zero-order valence-corrected chi connectivity index (χ0v) is 15.7. The molecular formula is C18H26BrNO3. The maximum absolute atomic E-state index is 12.3. The largest absolute Gasteiger partial charge is 0.444 e. The standard InChI is InChI=1S/C18H26BrNO3/c1-17(2,3)23-16(21)20-12-5-4-10-18(22,11-13-20)14-6-8-15(19)9-7-14/h6-9,22H,4-5,10-13H2,1-3H3. The molecule has 1 aromatic rings. The highest BCUT2D eigenvalue weighted by Crippen LogP contribution is 2.33. The summed E-state index contributed by atoms with van der Waals surface area (Å²) in [6.45, 7) is 6.79. The highest BCUT2D eigenvalue weighted by atomic mass is 79.9. The number of aliphatic hydroxyl groups is 1. The Bertz CT molecular complexity index is 538. The van der Waals surface area contributed by atoms with Crippen LogP contribution in [0.4, 0.5) is 4.79 Å². The first-order chi connectivity index (χ1) is 10.7. The van der Waals surface area contributed by atoms with Crippen molar-refractivity contribution in [3.05, 3.63) is 34.3 Å². The van der Waals surface area contributed by atoms with Gasteiger partial charge in [-0.3, -0.25) is 0 Å². The third kappa shape index (κ3) is 5.21. The molecule has 1 heterocycles. The molecule has 5 heteroatoms. The van der Waals surface area contributed by atoms with Crippen LogP contribution in [0.5, 0.6) is 0 Å². The molecule has 0 aromatic heterocycles. The van der Waals surface area contributed by atoms with Gasteiger partial charge in [-0.05, 0) is 64.2 Å². The lowest BCUT2D eigenvalue weighted by Gasteiger charge is -2.35. The van der Waals surface area contributed by atoms with Gasteiger partial charge in [0, 0.05) is 17.6 Å². The van der Waals surface area contributed by atoms with E-state index in [0.29, 0.717) is 19.5 Å². The van der Waals surface area contributed by atoms with Crippen LogP contribution in [0.15, 0.2) is 28.7 Å². The maximum Gasteiger partial charge on any atom is 0.410 e. The Morgan fingerprint density at radius 3 is 2.43 bits per heavy atom. The molecule has 0 spiro atoms. The van der Waals surface area contributed by atoms with Crippen LogP contribution >= 0.6 is 15.9 Å². The summed E-state index contributed by atoms with van der Waals surface area (Å²) < 4.78 is 6.45. The number of benzene rings is 1. The molecule has 1 unspecified atom stereocenters. The Kier molecular flexibility index (Phi) is 5.74. The molecule has 0 aliphatic carbocycles. The molecule has 1 aliphatic rings. The Labute approximate surface area is 147 Å². The Morgan fingerprint density at radius 2 is 1.83 bits per heavy atom. The van der Waals surface area contributed by atoms with Crippen LogP contribution in [0.25, 0.3) is 0 Å². The quantitative estimate of drug-likeness (QED) is 0.779. The van der Waals surface area contributed by atoms with E-state index in [-0.39, 0.29) is 6.09 Å². The van der Waals surface area contributed by atoms with E-state index in [0.717, 1.165) is 29.3 Å². The van der Waals surface area contributed by atoms with Crippen molar-refractivity contribution in [2.45, 2.75) is 57.7 Å². The first kappa shape index (κ1) is 18.3. The van der Waals surface area contributed by atoms with Gasteiger partial charge >= 0.3 is 6.09 Å². The summed E-state index contributed by atoms with van der Waals surface area (Å²) in [6, 6.07) is 7.78. The molecule has 128 valence electrons. The predicted octanol–water partition coefficient (Wildman–Crippen LogP) is 4.45. The summed E-state index contributed by atoms with van der Waals surface area (Å²) in [4.78, 5) is 14.0. The molecule has 1 aliphatic heterocycles. The van der Waals surface area contributed by atoms with Crippen molar-refractivity contribution in [2.24, 2.45) is 0 Å². The summed E-state index contributed by atoms with van der Waals surface area (Å²) in [5.74, 6) is 0. The van der Waals surface area contributed by atoms with Crippen LogP contribution in [-0.4, -0.2) is 34.8 Å². The number of hydrogen-bond acceptors (Lipinski definition) is 3. The van der Waals surface area contributed by atoms with Crippen molar-refractivity contribution in [1.29, 1.82) is 0 Å². The SMILES string of the molecule is CC(C)(C)OC(=O)N1CCCCC(O)(c2ccc(Br)cc2)CC1. The fraction of sp³-hybridized carbons (Fsp3) is 0.611. The van der Waals surface area contributed by atoms with Crippen LogP contribution in [0.2, 0.25) is 0 Å². The minimum atomic E-state index is -0.888. The number of rotatable bonds is 1. The highest BCUT2D eigenvalue weighted by molar-refractivity contribution is 9.10. The van der Waals surface area contributed by atoms with Crippen molar-refractivity contribution in [3.8, 4) is 0 Å². The minimum Gasteiger partial charge on any atom is -0.444 e. The molecule has 1 aromatic carbocycles. The second-order valence-corrected chi connectivity index (χ2v) is 8.13. The third-order valence-electron chi connectivity index (χ3n) is 4.10. The molecule has 1 N–H and O–H groups in total. The summed E-state index contributed by atoms with van der Waals surface area (Å²) in [5, 5.41) is 11.1. The number of carbonyl (C=O) groups is 1. The molecule has 1 atom stereocenters. The third-order valence-corrected chi connectivity index (χ3v) is 4.63. The summed E-state index contributed by atoms with van der Waals surface area (Å²) >= 11 is 3.42. The molecule has 0 bridgehead atoms. The number of amides is 1. The first-order valence-electron chi connectivity index (χ1n) is 8.16. The van der Waals surface area contributed by atoms with Crippen LogP contribution in [-0.2, 0) is 10.3 Å². The zero-order valence-electron chi connectivity index (χ0n) is 14.1. The molecule has 1 amide bonds. The molecule has 1 fully saturated rings. The summed E-state index contributed by atoms with van der Waals surface area (Å²) in [6.07, 6.45) is 2.70. The maximum atomic E-state index is 12.3. The van der Waals surface area contributed by atoms with Gasteiger partial charge in [0.05, 0.1) is 5.60 Å². The van der Waals surface area contributed by atoms with Gasteiger partial charge in [-0.1, -0.05) is 28.1 Å². The van der Waals surface area contributed by atoms with E-state index in [2.05, 4.69) is 15.9 Å². The zero-order chi connectivity index (χ0) is 17.1. The molecule has 23 heavy (non-hydrogen) atoms. The fourth-order valence-corrected chi connectivity index (χ4v) is 3.10. The average molecular weight is 384 g/mol.